The van der Waals surface area contributed by atoms with Crippen LogP contribution in [0, 0.1) is 16.7 Å². The molecule has 1 fully saturated rings. The van der Waals surface area contributed by atoms with Crippen molar-refractivity contribution in [3.8, 4) is 6.07 Å². The van der Waals surface area contributed by atoms with Gasteiger partial charge in [0, 0.05) is 13.1 Å². The van der Waals surface area contributed by atoms with Gasteiger partial charge >= 0.3 is 5.97 Å². The fourth-order valence-electron chi connectivity index (χ4n) is 1.73. The number of aliphatic carboxylic acids is 1. The van der Waals surface area contributed by atoms with Gasteiger partial charge in [-0.3, -0.25) is 9.59 Å². The maximum absolute atomic E-state index is 11.5. The van der Waals surface area contributed by atoms with Crippen LogP contribution in [0.3, 0.4) is 0 Å². The van der Waals surface area contributed by atoms with Gasteiger partial charge in [0.25, 0.3) is 0 Å². The molecule has 1 N–H and O–H groups in total. The van der Waals surface area contributed by atoms with Crippen molar-refractivity contribution in [1.82, 2.24) is 4.90 Å². The van der Waals surface area contributed by atoms with E-state index in [0.717, 1.165) is 0 Å². The predicted octanol–water partition coefficient (Wildman–Crippen LogP) is 0.831. The van der Waals surface area contributed by atoms with Crippen molar-refractivity contribution >= 4 is 23.5 Å². The number of rotatable bonds is 2. The molecule has 5 nitrogen and oxygen atoms in total. The number of likely N-dealkylation sites (tertiary alicyclic amines) is 1. The number of nitrogens with zero attached hydrogens (tertiary/aromatic N) is 2. The van der Waals surface area contributed by atoms with Crippen molar-refractivity contribution in [3.63, 3.8) is 0 Å². The van der Waals surface area contributed by atoms with Gasteiger partial charge in [0.15, 0.2) is 5.41 Å². The largest absolute Gasteiger partial charge is 0.480 e. The number of hydrogen-bond donors (Lipinski definition) is 1. The summed E-state index contributed by atoms with van der Waals surface area (Å²) in [6.45, 7) is 2.12. The van der Waals surface area contributed by atoms with Crippen LogP contribution in [0.1, 0.15) is 19.8 Å². The Kier molecular flexibility index (Phi) is 3.76. The number of carbonyl (C=O) groups excluding carboxylic acids is 1. The average molecular weight is 245 g/mol. The molecule has 88 valence electrons. The second-order valence-electron chi connectivity index (χ2n) is 3.94. The first kappa shape index (κ1) is 12.8. The van der Waals surface area contributed by atoms with E-state index < -0.39 is 16.8 Å². The molecule has 1 aliphatic heterocycles. The number of halogens is 1. The highest BCUT2D eigenvalue weighted by Crippen LogP contribution is 2.31. The SMILES string of the molecule is CC(Cl)C(=O)N1CCC(C#N)(C(=O)O)CC1. The molecule has 6 heteroatoms. The number of carboxylic acids is 1. The Balaban J connectivity index is 2.68. The molecule has 0 saturated carbocycles. The van der Waals surface area contributed by atoms with Crippen molar-refractivity contribution in [2.24, 2.45) is 5.41 Å². The van der Waals surface area contributed by atoms with E-state index in [-0.39, 0.29) is 31.8 Å². The Labute approximate surface area is 98.6 Å². The van der Waals surface area contributed by atoms with Crippen LogP contribution in [0.5, 0.6) is 0 Å². The summed E-state index contributed by atoms with van der Waals surface area (Å²) in [5.74, 6) is -1.32. The van der Waals surface area contributed by atoms with Crippen LogP contribution >= 0.6 is 11.6 Å². The maximum atomic E-state index is 11.5. The first-order valence-electron chi connectivity index (χ1n) is 5.00. The molecule has 16 heavy (non-hydrogen) atoms. The molecule has 1 rings (SSSR count). The van der Waals surface area contributed by atoms with Crippen LogP contribution in [0.15, 0.2) is 0 Å². The highest BCUT2D eigenvalue weighted by Gasteiger charge is 2.43. The molecule has 1 atom stereocenters. The van der Waals surface area contributed by atoms with Gasteiger partial charge in [0.05, 0.1) is 6.07 Å². The molecule has 0 aliphatic carbocycles. The molecule has 0 radical (unpaired) electrons. The van der Waals surface area contributed by atoms with Crippen LogP contribution in [0.25, 0.3) is 0 Å². The van der Waals surface area contributed by atoms with Crippen molar-refractivity contribution in [2.45, 2.75) is 25.1 Å². The predicted molar refractivity (Wildman–Crippen MR) is 56.8 cm³/mol. The number of alkyl halides is 1. The first-order chi connectivity index (χ1) is 7.43. The normalized spacial score (nSPS) is 20.9. The van der Waals surface area contributed by atoms with Gasteiger partial charge in [-0.1, -0.05) is 0 Å². The molecular weight excluding hydrogens is 232 g/mol. The summed E-state index contributed by atoms with van der Waals surface area (Å²) < 4.78 is 0. The standard InChI is InChI=1S/C10H13ClN2O3/c1-7(11)8(14)13-4-2-10(6-12,3-5-13)9(15)16/h7H,2-5H2,1H3,(H,15,16). The zero-order chi connectivity index (χ0) is 12.3. The van der Waals surface area contributed by atoms with Crippen molar-refractivity contribution in [3.05, 3.63) is 0 Å². The number of nitriles is 1. The zero-order valence-corrected chi connectivity index (χ0v) is 9.70. The van der Waals surface area contributed by atoms with E-state index in [1.54, 1.807) is 6.92 Å². The summed E-state index contributed by atoms with van der Waals surface area (Å²) in [4.78, 5) is 24.0. The van der Waals surface area contributed by atoms with Gasteiger partial charge in [-0.2, -0.15) is 5.26 Å². The number of hydrogen-bond acceptors (Lipinski definition) is 3. The molecule has 1 amide bonds. The number of carbonyl (C=O) groups is 2. The monoisotopic (exact) mass is 244 g/mol. The zero-order valence-electron chi connectivity index (χ0n) is 8.94. The van der Waals surface area contributed by atoms with E-state index in [4.69, 9.17) is 22.0 Å². The molecule has 0 bridgehead atoms. The summed E-state index contributed by atoms with van der Waals surface area (Å²) >= 11 is 5.66. The lowest BCUT2D eigenvalue weighted by Crippen LogP contribution is -2.47. The van der Waals surface area contributed by atoms with E-state index in [1.165, 1.54) is 4.90 Å². The first-order valence-corrected chi connectivity index (χ1v) is 5.44. The van der Waals surface area contributed by atoms with Crippen molar-refractivity contribution in [2.75, 3.05) is 13.1 Å². The van der Waals surface area contributed by atoms with E-state index in [9.17, 15) is 9.59 Å². The molecule has 0 aromatic heterocycles. The van der Waals surface area contributed by atoms with E-state index >= 15 is 0 Å². The van der Waals surface area contributed by atoms with Gasteiger partial charge in [0.2, 0.25) is 5.91 Å². The van der Waals surface area contributed by atoms with E-state index in [0.29, 0.717) is 0 Å². The average Bonchev–Trinajstić information content (AvgIpc) is 2.27. The molecular formula is C10H13ClN2O3. The Morgan fingerprint density at radius 2 is 2.00 bits per heavy atom. The summed E-state index contributed by atoms with van der Waals surface area (Å²) in [7, 11) is 0. The third-order valence-electron chi connectivity index (χ3n) is 2.89. The second-order valence-corrected chi connectivity index (χ2v) is 4.60. The van der Waals surface area contributed by atoms with Gasteiger partial charge in [-0.05, 0) is 19.8 Å². The number of amides is 1. The fraction of sp³-hybridized carbons (Fsp3) is 0.700. The molecule has 0 aromatic rings. The lowest BCUT2D eigenvalue weighted by Gasteiger charge is -2.35. The minimum atomic E-state index is -1.34. The summed E-state index contributed by atoms with van der Waals surface area (Å²) in [5, 5.41) is 17.2. The smallest absolute Gasteiger partial charge is 0.324 e. The fourth-order valence-corrected chi connectivity index (χ4v) is 1.87. The van der Waals surface area contributed by atoms with Crippen molar-refractivity contribution in [1.29, 1.82) is 5.26 Å². The summed E-state index contributed by atoms with van der Waals surface area (Å²) in [6.07, 6.45) is 0.322. The maximum Gasteiger partial charge on any atom is 0.324 e. The van der Waals surface area contributed by atoms with Crippen LogP contribution in [0.2, 0.25) is 0 Å². The highest BCUT2D eigenvalue weighted by atomic mass is 35.5. The quantitative estimate of drug-likeness (QED) is 0.730. The molecule has 1 saturated heterocycles. The Hall–Kier alpha value is -1.28. The highest BCUT2D eigenvalue weighted by molar-refractivity contribution is 6.30. The lowest BCUT2D eigenvalue weighted by molar-refractivity contribution is -0.150. The van der Waals surface area contributed by atoms with Crippen LogP contribution in [-0.2, 0) is 9.59 Å². The summed E-state index contributed by atoms with van der Waals surface area (Å²) in [5.41, 5.74) is -1.34. The number of piperidine rings is 1. The minimum Gasteiger partial charge on any atom is -0.480 e. The number of carboxylic acid groups (broad SMARTS) is 1. The minimum absolute atomic E-state index is 0.161. The Morgan fingerprint density at radius 1 is 1.50 bits per heavy atom. The van der Waals surface area contributed by atoms with Gasteiger partial charge in [-0.15, -0.1) is 11.6 Å². The molecule has 0 spiro atoms. The molecule has 0 aromatic carbocycles. The third kappa shape index (κ3) is 2.27. The van der Waals surface area contributed by atoms with Gasteiger partial charge in [0.1, 0.15) is 5.38 Å². The Bertz CT molecular complexity index is 340. The van der Waals surface area contributed by atoms with Crippen LogP contribution in [0.4, 0.5) is 0 Å². The second kappa shape index (κ2) is 4.71. The van der Waals surface area contributed by atoms with Crippen molar-refractivity contribution < 1.29 is 14.7 Å². The topological polar surface area (TPSA) is 81.4 Å². The van der Waals surface area contributed by atoms with Gasteiger partial charge < -0.3 is 10.0 Å². The lowest BCUT2D eigenvalue weighted by atomic mass is 9.80. The van der Waals surface area contributed by atoms with Crippen LogP contribution < -0.4 is 0 Å². The third-order valence-corrected chi connectivity index (χ3v) is 3.08. The van der Waals surface area contributed by atoms with E-state index in [2.05, 4.69) is 0 Å². The molecule has 1 aliphatic rings. The molecule has 1 heterocycles. The van der Waals surface area contributed by atoms with E-state index in [1.807, 2.05) is 6.07 Å². The molecule has 1 unspecified atom stereocenters. The van der Waals surface area contributed by atoms with Gasteiger partial charge in [-0.25, -0.2) is 0 Å². The van der Waals surface area contributed by atoms with Crippen LogP contribution in [-0.4, -0.2) is 40.3 Å². The summed E-state index contributed by atoms with van der Waals surface area (Å²) in [6, 6.07) is 1.84. The Morgan fingerprint density at radius 3 is 2.31 bits per heavy atom.